The van der Waals surface area contributed by atoms with E-state index in [-0.39, 0.29) is 17.9 Å². The lowest BCUT2D eigenvalue weighted by Gasteiger charge is -2.30. The molecule has 1 atom stereocenters. The lowest BCUT2D eigenvalue weighted by atomic mass is 10.0. The van der Waals surface area contributed by atoms with Crippen molar-refractivity contribution >= 4 is 23.5 Å². The van der Waals surface area contributed by atoms with Crippen LogP contribution in [0.25, 0.3) is 0 Å². The fourth-order valence-corrected chi connectivity index (χ4v) is 3.28. The van der Waals surface area contributed by atoms with E-state index in [9.17, 15) is 9.59 Å². The van der Waals surface area contributed by atoms with Gasteiger partial charge in [-0.15, -0.1) is 0 Å². The van der Waals surface area contributed by atoms with Crippen LogP contribution in [0.3, 0.4) is 0 Å². The largest absolute Gasteiger partial charge is 0.348 e. The summed E-state index contributed by atoms with van der Waals surface area (Å²) in [5.41, 5.74) is 3.57. The van der Waals surface area contributed by atoms with E-state index in [2.05, 4.69) is 26.2 Å². The highest BCUT2D eigenvalue weighted by Crippen LogP contribution is 2.32. The maximum Gasteiger partial charge on any atom is 0.255 e. The number of carbonyl (C=O) groups excluding carboxylic acids is 2. The van der Waals surface area contributed by atoms with Crippen molar-refractivity contribution in [2.75, 3.05) is 17.3 Å². The van der Waals surface area contributed by atoms with Crippen molar-refractivity contribution in [2.24, 2.45) is 0 Å². The molecule has 0 saturated heterocycles. The quantitative estimate of drug-likeness (QED) is 0.840. The number of aromatic nitrogens is 4. The molecular formula is C16H17N7O2. The van der Waals surface area contributed by atoms with Gasteiger partial charge in [-0.05, 0) is 48.0 Å². The number of hydrogen-bond donors (Lipinski definition) is 2. The average molecular weight is 339 g/mol. The van der Waals surface area contributed by atoms with Gasteiger partial charge in [-0.1, -0.05) is 5.10 Å². The summed E-state index contributed by atoms with van der Waals surface area (Å²) >= 11 is 0. The SMILES string of the molecule is CC1=C(C(=O)Nc2ccc3c(c2)CNC3=O)[C@@H](C)n2nnnc2N1C. The topological polar surface area (TPSA) is 105 Å². The normalized spacial score (nSPS) is 18.8. The van der Waals surface area contributed by atoms with Gasteiger partial charge in [0.15, 0.2) is 0 Å². The van der Waals surface area contributed by atoms with Crippen LogP contribution >= 0.6 is 0 Å². The van der Waals surface area contributed by atoms with Crippen molar-refractivity contribution < 1.29 is 9.59 Å². The molecule has 2 aliphatic heterocycles. The van der Waals surface area contributed by atoms with Crippen molar-refractivity contribution in [1.82, 2.24) is 25.5 Å². The van der Waals surface area contributed by atoms with Gasteiger partial charge in [-0.2, -0.15) is 0 Å². The lowest BCUT2D eigenvalue weighted by Crippen LogP contribution is -2.34. The molecule has 25 heavy (non-hydrogen) atoms. The van der Waals surface area contributed by atoms with Crippen molar-refractivity contribution in [2.45, 2.75) is 26.4 Å². The zero-order chi connectivity index (χ0) is 17.7. The first-order valence-corrected chi connectivity index (χ1v) is 7.92. The Labute approximate surface area is 143 Å². The molecule has 2 aromatic rings. The van der Waals surface area contributed by atoms with Crippen LogP contribution in [-0.2, 0) is 11.3 Å². The molecule has 2 N–H and O–H groups in total. The van der Waals surface area contributed by atoms with Crippen LogP contribution in [0, 0.1) is 0 Å². The minimum absolute atomic E-state index is 0.0832. The van der Waals surface area contributed by atoms with Gasteiger partial charge in [0.05, 0.1) is 11.6 Å². The van der Waals surface area contributed by atoms with Gasteiger partial charge < -0.3 is 15.5 Å². The van der Waals surface area contributed by atoms with E-state index in [1.54, 1.807) is 21.7 Å². The molecule has 3 heterocycles. The molecule has 0 fully saturated rings. The molecule has 4 rings (SSSR count). The van der Waals surface area contributed by atoms with E-state index in [4.69, 9.17) is 0 Å². The number of anilines is 2. The predicted molar refractivity (Wildman–Crippen MR) is 89.9 cm³/mol. The molecular weight excluding hydrogens is 322 g/mol. The van der Waals surface area contributed by atoms with Gasteiger partial charge in [-0.25, -0.2) is 4.68 Å². The lowest BCUT2D eigenvalue weighted by molar-refractivity contribution is -0.113. The number of benzene rings is 1. The number of amides is 2. The van der Waals surface area contributed by atoms with E-state index in [0.717, 1.165) is 11.3 Å². The van der Waals surface area contributed by atoms with Gasteiger partial charge in [0, 0.05) is 30.5 Å². The second-order valence-corrected chi connectivity index (χ2v) is 6.17. The fourth-order valence-electron chi connectivity index (χ4n) is 3.28. The van der Waals surface area contributed by atoms with Gasteiger partial charge in [-0.3, -0.25) is 9.59 Å². The number of rotatable bonds is 2. The fraction of sp³-hybridized carbons (Fsp3) is 0.312. The van der Waals surface area contributed by atoms with Crippen LogP contribution in [0.1, 0.15) is 35.8 Å². The Hall–Kier alpha value is -3.23. The number of hydrogen-bond acceptors (Lipinski definition) is 6. The summed E-state index contributed by atoms with van der Waals surface area (Å²) < 4.78 is 1.62. The van der Waals surface area contributed by atoms with E-state index >= 15 is 0 Å². The standard InChI is InChI=1S/C16H17N7O2/c1-8-13(9(2)23-16(22(8)3)19-20-21-23)15(25)18-11-4-5-12-10(6-11)7-17-14(12)24/h4-6,9H,7H2,1-3H3,(H,17,24)(H,18,25)/t9-/m1/s1. The number of carbonyl (C=O) groups is 2. The Morgan fingerprint density at radius 3 is 3.00 bits per heavy atom. The average Bonchev–Trinajstić information content (AvgIpc) is 3.20. The summed E-state index contributed by atoms with van der Waals surface area (Å²) in [7, 11) is 1.82. The third-order valence-corrected chi connectivity index (χ3v) is 4.74. The smallest absolute Gasteiger partial charge is 0.255 e. The highest BCUT2D eigenvalue weighted by molar-refractivity contribution is 6.06. The molecule has 2 aliphatic rings. The molecule has 128 valence electrons. The van der Waals surface area contributed by atoms with Crippen LogP contribution in [-0.4, -0.2) is 39.1 Å². The highest BCUT2D eigenvalue weighted by Gasteiger charge is 2.32. The molecule has 0 radical (unpaired) electrons. The van der Waals surface area contributed by atoms with Gasteiger partial charge >= 0.3 is 0 Å². The molecule has 9 heteroatoms. The molecule has 2 amide bonds. The number of nitrogens with one attached hydrogen (secondary N) is 2. The second kappa shape index (κ2) is 5.40. The molecule has 1 aromatic heterocycles. The summed E-state index contributed by atoms with van der Waals surface area (Å²) in [4.78, 5) is 26.3. The number of fused-ring (bicyclic) bond motifs is 2. The summed E-state index contributed by atoms with van der Waals surface area (Å²) in [5.74, 6) is 0.305. The minimum Gasteiger partial charge on any atom is -0.348 e. The van der Waals surface area contributed by atoms with Crippen LogP contribution in [0.4, 0.5) is 11.6 Å². The summed E-state index contributed by atoms with van der Waals surface area (Å²) in [6.07, 6.45) is 0. The molecule has 1 aromatic carbocycles. The van der Waals surface area contributed by atoms with Crippen molar-refractivity contribution in [3.63, 3.8) is 0 Å². The van der Waals surface area contributed by atoms with Gasteiger partial charge in [0.25, 0.3) is 11.8 Å². The van der Waals surface area contributed by atoms with Crippen molar-refractivity contribution in [3.8, 4) is 0 Å². The second-order valence-electron chi connectivity index (χ2n) is 6.17. The third-order valence-electron chi connectivity index (χ3n) is 4.74. The van der Waals surface area contributed by atoms with E-state index < -0.39 is 0 Å². The minimum atomic E-state index is -0.279. The molecule has 0 saturated carbocycles. The number of allylic oxidation sites excluding steroid dienone is 1. The highest BCUT2D eigenvalue weighted by atomic mass is 16.2. The van der Waals surface area contributed by atoms with Crippen LogP contribution < -0.4 is 15.5 Å². The zero-order valence-corrected chi connectivity index (χ0v) is 14.1. The number of tetrazole rings is 1. The maximum atomic E-state index is 12.9. The zero-order valence-electron chi connectivity index (χ0n) is 14.1. The van der Waals surface area contributed by atoms with Crippen molar-refractivity contribution in [3.05, 3.63) is 40.6 Å². The Kier molecular flexibility index (Phi) is 3.31. The maximum absolute atomic E-state index is 12.9. The molecule has 0 bridgehead atoms. The summed E-state index contributed by atoms with van der Waals surface area (Å²) in [6, 6.07) is 5.00. The first-order chi connectivity index (χ1) is 12.0. The molecule has 0 spiro atoms. The summed E-state index contributed by atoms with van der Waals surface area (Å²) in [5, 5.41) is 17.3. The van der Waals surface area contributed by atoms with Crippen LogP contribution in [0.2, 0.25) is 0 Å². The van der Waals surface area contributed by atoms with Crippen LogP contribution in [0.15, 0.2) is 29.5 Å². The summed E-state index contributed by atoms with van der Waals surface area (Å²) in [6.45, 7) is 4.23. The van der Waals surface area contributed by atoms with E-state index in [1.165, 1.54) is 0 Å². The Balaban J connectivity index is 1.63. The molecule has 9 nitrogen and oxygen atoms in total. The molecule has 0 aliphatic carbocycles. The monoisotopic (exact) mass is 339 g/mol. The van der Waals surface area contributed by atoms with Gasteiger partial charge in [0.2, 0.25) is 5.95 Å². The first-order valence-electron chi connectivity index (χ1n) is 7.92. The Morgan fingerprint density at radius 1 is 1.40 bits per heavy atom. The number of nitrogens with zero attached hydrogens (tertiary/aromatic N) is 5. The van der Waals surface area contributed by atoms with E-state index in [1.807, 2.05) is 27.0 Å². The van der Waals surface area contributed by atoms with E-state index in [0.29, 0.717) is 29.3 Å². The van der Waals surface area contributed by atoms with Gasteiger partial charge in [0.1, 0.15) is 0 Å². The Bertz CT molecular complexity index is 930. The molecule has 0 unspecified atom stereocenters. The Morgan fingerprint density at radius 2 is 2.20 bits per heavy atom. The predicted octanol–water partition coefficient (Wildman–Crippen LogP) is 0.840. The van der Waals surface area contributed by atoms with Crippen LogP contribution in [0.5, 0.6) is 0 Å². The third kappa shape index (κ3) is 2.27. The first kappa shape index (κ1) is 15.3. The van der Waals surface area contributed by atoms with Crippen molar-refractivity contribution in [1.29, 1.82) is 0 Å².